The van der Waals surface area contributed by atoms with Gasteiger partial charge in [-0.15, -0.1) is 12.4 Å². The molecule has 0 saturated carbocycles. The number of hydrogen-bond donors (Lipinski definition) is 3. The lowest BCUT2D eigenvalue weighted by Crippen LogP contribution is -2.43. The molecule has 1 aliphatic rings. The minimum atomic E-state index is -0.315. The molecule has 3 aromatic heterocycles. The van der Waals surface area contributed by atoms with Crippen molar-refractivity contribution in [3.05, 3.63) is 40.6 Å². The number of carbonyl (C=O) groups excluding carboxylic acids is 1. The van der Waals surface area contributed by atoms with Gasteiger partial charge in [0.1, 0.15) is 11.3 Å². The quantitative estimate of drug-likeness (QED) is 0.547. The molecule has 1 fully saturated rings. The highest BCUT2D eigenvalue weighted by Crippen LogP contribution is 2.38. The number of amides is 1. The lowest BCUT2D eigenvalue weighted by Gasteiger charge is -2.33. The van der Waals surface area contributed by atoms with Crippen molar-refractivity contribution in [2.24, 2.45) is 5.73 Å². The predicted molar refractivity (Wildman–Crippen MR) is 115 cm³/mol. The van der Waals surface area contributed by atoms with Crippen LogP contribution in [0.3, 0.4) is 0 Å². The number of nitrogens with zero attached hydrogens (tertiary/aromatic N) is 4. The first-order valence-electron chi connectivity index (χ1n) is 8.79. The Bertz CT molecular complexity index is 992. The van der Waals surface area contributed by atoms with Gasteiger partial charge in [0.2, 0.25) is 0 Å². The van der Waals surface area contributed by atoms with E-state index in [-0.39, 0.29) is 30.0 Å². The Labute approximate surface area is 176 Å². The molecular weight excluding hydrogens is 446 g/mol. The van der Waals surface area contributed by atoms with Crippen LogP contribution in [0.5, 0.6) is 0 Å². The van der Waals surface area contributed by atoms with Crippen LogP contribution in [0.25, 0.3) is 11.0 Å². The minimum Gasteiger partial charge on any atom is -0.368 e. The Kier molecular flexibility index (Phi) is 6.17. The minimum absolute atomic E-state index is 0. The summed E-state index contributed by atoms with van der Waals surface area (Å²) in [5, 5.41) is 3.78. The first-order valence-corrected chi connectivity index (χ1v) is 9.58. The summed E-state index contributed by atoms with van der Waals surface area (Å²) < 4.78 is 0.870. The fourth-order valence-corrected chi connectivity index (χ4v) is 3.92. The van der Waals surface area contributed by atoms with Crippen LogP contribution in [0.2, 0.25) is 0 Å². The number of aromatic amines is 1. The molecule has 3 aromatic rings. The number of anilines is 2. The fraction of sp³-hybridized carbons (Fsp3) is 0.333. The van der Waals surface area contributed by atoms with Gasteiger partial charge in [0.25, 0.3) is 5.91 Å². The summed E-state index contributed by atoms with van der Waals surface area (Å²) in [5.41, 5.74) is 9.54. The summed E-state index contributed by atoms with van der Waals surface area (Å²) in [4.78, 5) is 30.7. The summed E-state index contributed by atoms with van der Waals surface area (Å²) in [7, 11) is 0. The lowest BCUT2D eigenvalue weighted by molar-refractivity contribution is 0.102. The number of rotatable bonds is 3. The van der Waals surface area contributed by atoms with Crippen molar-refractivity contribution in [1.82, 2.24) is 19.9 Å². The van der Waals surface area contributed by atoms with E-state index in [4.69, 9.17) is 5.73 Å². The molecule has 0 radical (unpaired) electrons. The number of aryl methyl sites for hydroxylation is 1. The molecule has 1 amide bonds. The number of piperidine rings is 1. The molecule has 4 rings (SSSR count). The number of hydrogen-bond acceptors (Lipinski definition) is 6. The highest BCUT2D eigenvalue weighted by atomic mass is 79.9. The normalized spacial score (nSPS) is 16.7. The maximum Gasteiger partial charge on any atom is 0.275 e. The second-order valence-electron chi connectivity index (χ2n) is 6.73. The van der Waals surface area contributed by atoms with Crippen molar-refractivity contribution in [1.29, 1.82) is 0 Å². The summed E-state index contributed by atoms with van der Waals surface area (Å²) in [5.74, 6) is -0.315. The van der Waals surface area contributed by atoms with E-state index >= 15 is 0 Å². The number of nitrogens with one attached hydrogen (secondary N) is 2. The zero-order valence-corrected chi connectivity index (χ0v) is 17.7. The molecule has 0 unspecified atom stereocenters. The van der Waals surface area contributed by atoms with Crippen molar-refractivity contribution in [3.8, 4) is 0 Å². The van der Waals surface area contributed by atoms with Gasteiger partial charge in [0.05, 0.1) is 33.1 Å². The van der Waals surface area contributed by atoms with Gasteiger partial charge in [-0.05, 0) is 35.7 Å². The smallest absolute Gasteiger partial charge is 0.275 e. The van der Waals surface area contributed by atoms with E-state index in [0.29, 0.717) is 11.3 Å². The lowest BCUT2D eigenvalue weighted by atomic mass is 10.1. The molecule has 4 heterocycles. The van der Waals surface area contributed by atoms with E-state index < -0.39 is 0 Å². The first kappa shape index (κ1) is 20.5. The third-order valence-electron chi connectivity index (χ3n) is 4.67. The van der Waals surface area contributed by atoms with E-state index in [1.165, 1.54) is 6.20 Å². The van der Waals surface area contributed by atoms with Crippen LogP contribution in [0.1, 0.15) is 29.0 Å². The van der Waals surface area contributed by atoms with Gasteiger partial charge < -0.3 is 20.9 Å². The molecule has 1 atom stereocenters. The second-order valence-corrected chi connectivity index (χ2v) is 7.58. The SMILES string of the molecule is Cc1cnc(C(=O)Nc2c[nH]c3ncc(Br)c(N4CCC[C@@H](N)C4)c23)cn1.Cl. The maximum atomic E-state index is 12.6. The molecular formula is C18H21BrClN7O. The Morgan fingerprint density at radius 3 is 2.86 bits per heavy atom. The Morgan fingerprint density at radius 1 is 1.32 bits per heavy atom. The van der Waals surface area contributed by atoms with Crippen molar-refractivity contribution < 1.29 is 4.79 Å². The van der Waals surface area contributed by atoms with E-state index in [1.54, 1.807) is 18.6 Å². The Hall–Kier alpha value is -2.23. The molecule has 28 heavy (non-hydrogen) atoms. The average molecular weight is 467 g/mol. The second kappa shape index (κ2) is 8.42. The van der Waals surface area contributed by atoms with Crippen molar-refractivity contribution in [2.45, 2.75) is 25.8 Å². The van der Waals surface area contributed by atoms with Crippen LogP contribution in [-0.4, -0.2) is 45.0 Å². The topological polar surface area (TPSA) is 113 Å². The molecule has 148 valence electrons. The summed E-state index contributed by atoms with van der Waals surface area (Å²) in [6.07, 6.45) is 8.61. The van der Waals surface area contributed by atoms with E-state index in [9.17, 15) is 4.79 Å². The largest absolute Gasteiger partial charge is 0.368 e. The van der Waals surface area contributed by atoms with Crippen molar-refractivity contribution >= 4 is 56.7 Å². The van der Waals surface area contributed by atoms with Gasteiger partial charge in [0, 0.05) is 37.7 Å². The third kappa shape index (κ3) is 3.96. The van der Waals surface area contributed by atoms with E-state index in [1.807, 2.05) is 6.92 Å². The van der Waals surface area contributed by atoms with Gasteiger partial charge in [-0.3, -0.25) is 9.78 Å². The van der Waals surface area contributed by atoms with Gasteiger partial charge in [-0.2, -0.15) is 0 Å². The predicted octanol–water partition coefficient (Wildman–Crippen LogP) is 3.03. The van der Waals surface area contributed by atoms with Gasteiger partial charge in [-0.25, -0.2) is 9.97 Å². The third-order valence-corrected chi connectivity index (χ3v) is 5.25. The molecule has 0 spiro atoms. The monoisotopic (exact) mass is 465 g/mol. The van der Waals surface area contributed by atoms with Crippen LogP contribution >= 0.6 is 28.3 Å². The summed E-state index contributed by atoms with van der Waals surface area (Å²) in [6.45, 7) is 3.50. The van der Waals surface area contributed by atoms with E-state index in [0.717, 1.165) is 47.2 Å². The maximum absolute atomic E-state index is 12.6. The zero-order chi connectivity index (χ0) is 19.0. The molecule has 1 saturated heterocycles. The number of nitrogens with two attached hydrogens (primary N) is 1. The van der Waals surface area contributed by atoms with Crippen molar-refractivity contribution in [2.75, 3.05) is 23.3 Å². The van der Waals surface area contributed by atoms with E-state index in [2.05, 4.69) is 46.1 Å². The number of fused-ring (bicyclic) bond motifs is 1. The molecule has 10 heteroatoms. The van der Waals surface area contributed by atoms with Crippen LogP contribution in [0.15, 0.2) is 29.3 Å². The number of pyridine rings is 1. The van der Waals surface area contributed by atoms with Crippen LogP contribution in [-0.2, 0) is 0 Å². The number of halogens is 2. The van der Waals surface area contributed by atoms with Crippen LogP contribution < -0.4 is 16.0 Å². The standard InChI is InChI=1S/C18H20BrN7O.ClH/c1-10-5-22-14(8-21-10)18(27)25-13-7-24-17-15(13)16(12(19)6-23-17)26-4-2-3-11(20)9-26;/h5-8,11H,2-4,9,20H2,1H3,(H,23,24)(H,25,27);1H/t11-;/m1./s1. The number of aromatic nitrogens is 4. The average Bonchev–Trinajstić information content (AvgIpc) is 3.05. The zero-order valence-electron chi connectivity index (χ0n) is 15.3. The Morgan fingerprint density at radius 2 is 2.14 bits per heavy atom. The number of carbonyl (C=O) groups is 1. The molecule has 4 N–H and O–H groups in total. The molecule has 0 aliphatic carbocycles. The number of H-pyrrole nitrogens is 1. The molecule has 1 aliphatic heterocycles. The Balaban J connectivity index is 0.00000225. The van der Waals surface area contributed by atoms with Crippen LogP contribution in [0.4, 0.5) is 11.4 Å². The first-order chi connectivity index (χ1) is 13.0. The fourth-order valence-electron chi connectivity index (χ4n) is 3.37. The van der Waals surface area contributed by atoms with Gasteiger partial charge in [-0.1, -0.05) is 0 Å². The molecule has 0 bridgehead atoms. The van der Waals surface area contributed by atoms with Gasteiger partial charge in [0.15, 0.2) is 0 Å². The van der Waals surface area contributed by atoms with Crippen molar-refractivity contribution in [3.63, 3.8) is 0 Å². The summed E-state index contributed by atoms with van der Waals surface area (Å²) in [6, 6.07) is 0.133. The highest BCUT2D eigenvalue weighted by Gasteiger charge is 2.24. The molecule has 8 nitrogen and oxygen atoms in total. The van der Waals surface area contributed by atoms with Crippen LogP contribution in [0, 0.1) is 6.92 Å². The molecule has 0 aromatic carbocycles. The summed E-state index contributed by atoms with van der Waals surface area (Å²) >= 11 is 3.62. The highest BCUT2D eigenvalue weighted by molar-refractivity contribution is 9.10. The van der Waals surface area contributed by atoms with Gasteiger partial charge >= 0.3 is 0 Å².